The van der Waals surface area contributed by atoms with Gasteiger partial charge in [-0.3, -0.25) is 0 Å². The third-order valence-corrected chi connectivity index (χ3v) is 1.60. The van der Waals surface area contributed by atoms with Gasteiger partial charge in [-0.1, -0.05) is 12.2 Å². The van der Waals surface area contributed by atoms with E-state index in [0.717, 1.165) is 5.57 Å². The normalized spacial score (nSPS) is 10.1. The molecule has 0 amide bonds. The third kappa shape index (κ3) is 3.06. The number of hydrogen-bond donors (Lipinski definition) is 2. The molecule has 0 aliphatic heterocycles. The van der Waals surface area contributed by atoms with Crippen molar-refractivity contribution in [2.75, 3.05) is 6.54 Å². The quantitative estimate of drug-likeness (QED) is 0.701. The predicted molar refractivity (Wildman–Crippen MR) is 52.2 cm³/mol. The van der Waals surface area contributed by atoms with Crippen LogP contribution in [0, 0.1) is 0 Å². The topological polar surface area (TPSA) is 62.5 Å². The van der Waals surface area contributed by atoms with Gasteiger partial charge in [0.05, 0.1) is 6.54 Å². The Kier molecular flexibility index (Phi) is 3.48. The van der Waals surface area contributed by atoms with Crippen LogP contribution in [0.3, 0.4) is 0 Å². The van der Waals surface area contributed by atoms with Gasteiger partial charge in [0.1, 0.15) is 5.76 Å². The molecule has 0 atom stereocenters. The monoisotopic (exact) mass is 195 g/mol. The number of aromatic carboxylic acids is 1. The molecule has 1 rings (SSSR count). The van der Waals surface area contributed by atoms with Gasteiger partial charge in [-0.05, 0) is 19.1 Å². The van der Waals surface area contributed by atoms with Gasteiger partial charge in [0.15, 0.2) is 0 Å². The van der Waals surface area contributed by atoms with Crippen molar-refractivity contribution in [2.24, 2.45) is 0 Å². The number of furan rings is 1. The lowest BCUT2D eigenvalue weighted by Crippen LogP contribution is -2.14. The second kappa shape index (κ2) is 4.62. The fourth-order valence-electron chi connectivity index (χ4n) is 0.987. The Hall–Kier alpha value is -1.55. The van der Waals surface area contributed by atoms with E-state index in [1.165, 1.54) is 6.07 Å². The molecular weight excluding hydrogens is 182 g/mol. The van der Waals surface area contributed by atoms with E-state index in [1.807, 2.05) is 6.92 Å². The van der Waals surface area contributed by atoms with Crippen molar-refractivity contribution < 1.29 is 14.3 Å². The zero-order valence-electron chi connectivity index (χ0n) is 8.04. The Morgan fingerprint density at radius 3 is 2.86 bits per heavy atom. The molecule has 0 aliphatic carbocycles. The lowest BCUT2D eigenvalue weighted by atomic mass is 10.3. The number of carboxylic acid groups (broad SMARTS) is 1. The zero-order chi connectivity index (χ0) is 10.6. The molecule has 0 radical (unpaired) electrons. The highest BCUT2D eigenvalue weighted by Crippen LogP contribution is 2.07. The van der Waals surface area contributed by atoms with Gasteiger partial charge in [-0.2, -0.15) is 0 Å². The van der Waals surface area contributed by atoms with Crippen LogP contribution in [0.1, 0.15) is 23.2 Å². The Morgan fingerprint density at radius 1 is 1.64 bits per heavy atom. The van der Waals surface area contributed by atoms with Crippen LogP contribution in [-0.4, -0.2) is 17.6 Å². The first-order valence-electron chi connectivity index (χ1n) is 4.26. The molecule has 1 aromatic rings. The summed E-state index contributed by atoms with van der Waals surface area (Å²) in [6.07, 6.45) is 0. The molecule has 76 valence electrons. The summed E-state index contributed by atoms with van der Waals surface area (Å²) in [5.41, 5.74) is 1.02. The summed E-state index contributed by atoms with van der Waals surface area (Å²) in [4.78, 5) is 10.5. The molecule has 1 heterocycles. The van der Waals surface area contributed by atoms with E-state index >= 15 is 0 Å². The minimum atomic E-state index is -1.05. The number of hydrogen-bond acceptors (Lipinski definition) is 3. The van der Waals surface area contributed by atoms with Crippen LogP contribution >= 0.6 is 0 Å². The summed E-state index contributed by atoms with van der Waals surface area (Å²) in [7, 11) is 0. The Labute approximate surface area is 82.2 Å². The van der Waals surface area contributed by atoms with Gasteiger partial charge in [0, 0.05) is 6.54 Å². The molecule has 14 heavy (non-hydrogen) atoms. The lowest BCUT2D eigenvalue weighted by molar-refractivity contribution is 0.0660. The van der Waals surface area contributed by atoms with Crippen LogP contribution in [0.4, 0.5) is 0 Å². The molecule has 0 fully saturated rings. The van der Waals surface area contributed by atoms with Crippen molar-refractivity contribution in [1.29, 1.82) is 0 Å². The standard InChI is InChI=1S/C10H13NO3/c1-7(2)5-11-6-8-3-4-9(14-8)10(12)13/h3-4,11H,1,5-6H2,2H3,(H,12,13). The maximum Gasteiger partial charge on any atom is 0.371 e. The van der Waals surface area contributed by atoms with Crippen molar-refractivity contribution in [3.05, 3.63) is 35.8 Å². The van der Waals surface area contributed by atoms with Crippen LogP contribution in [0.5, 0.6) is 0 Å². The Bertz CT molecular complexity index is 341. The summed E-state index contributed by atoms with van der Waals surface area (Å²) >= 11 is 0. The SMILES string of the molecule is C=C(C)CNCc1ccc(C(=O)O)o1. The van der Waals surface area contributed by atoms with E-state index in [1.54, 1.807) is 6.07 Å². The van der Waals surface area contributed by atoms with Crippen molar-refractivity contribution in [2.45, 2.75) is 13.5 Å². The minimum absolute atomic E-state index is 0.0304. The van der Waals surface area contributed by atoms with Crippen LogP contribution in [0.25, 0.3) is 0 Å². The largest absolute Gasteiger partial charge is 0.475 e. The fourth-order valence-corrected chi connectivity index (χ4v) is 0.987. The second-order valence-corrected chi connectivity index (χ2v) is 3.13. The molecule has 0 unspecified atom stereocenters. The van der Waals surface area contributed by atoms with Crippen molar-refractivity contribution in [3.8, 4) is 0 Å². The Balaban J connectivity index is 2.44. The highest BCUT2D eigenvalue weighted by atomic mass is 16.4. The van der Waals surface area contributed by atoms with E-state index in [-0.39, 0.29) is 5.76 Å². The van der Waals surface area contributed by atoms with Gasteiger partial charge in [-0.15, -0.1) is 0 Å². The third-order valence-electron chi connectivity index (χ3n) is 1.60. The van der Waals surface area contributed by atoms with Crippen molar-refractivity contribution in [3.63, 3.8) is 0 Å². The highest BCUT2D eigenvalue weighted by Gasteiger charge is 2.07. The molecular formula is C10H13NO3. The van der Waals surface area contributed by atoms with Crippen molar-refractivity contribution in [1.82, 2.24) is 5.32 Å². The predicted octanol–water partition coefficient (Wildman–Crippen LogP) is 1.64. The maximum absolute atomic E-state index is 10.5. The van der Waals surface area contributed by atoms with Crippen LogP contribution in [0.2, 0.25) is 0 Å². The molecule has 0 aromatic carbocycles. The first kappa shape index (κ1) is 10.5. The van der Waals surface area contributed by atoms with E-state index in [9.17, 15) is 4.79 Å². The summed E-state index contributed by atoms with van der Waals surface area (Å²) in [5, 5.41) is 11.7. The summed E-state index contributed by atoms with van der Waals surface area (Å²) in [6.45, 7) is 6.86. The average Bonchev–Trinajstić information content (AvgIpc) is 2.52. The van der Waals surface area contributed by atoms with E-state index in [0.29, 0.717) is 18.8 Å². The highest BCUT2D eigenvalue weighted by molar-refractivity contribution is 5.84. The molecule has 0 spiro atoms. The van der Waals surface area contributed by atoms with Crippen molar-refractivity contribution >= 4 is 5.97 Å². The van der Waals surface area contributed by atoms with E-state index < -0.39 is 5.97 Å². The molecule has 2 N–H and O–H groups in total. The van der Waals surface area contributed by atoms with Gasteiger partial charge >= 0.3 is 5.97 Å². The fraction of sp³-hybridized carbons (Fsp3) is 0.300. The number of rotatable bonds is 5. The smallest absolute Gasteiger partial charge is 0.371 e. The summed E-state index contributed by atoms with van der Waals surface area (Å²) < 4.78 is 5.04. The van der Waals surface area contributed by atoms with Crippen LogP contribution in [0.15, 0.2) is 28.7 Å². The zero-order valence-corrected chi connectivity index (χ0v) is 8.04. The molecule has 0 bridgehead atoms. The maximum atomic E-state index is 10.5. The van der Waals surface area contributed by atoms with Gasteiger partial charge in [0.2, 0.25) is 5.76 Å². The number of carbonyl (C=O) groups is 1. The number of nitrogens with one attached hydrogen (secondary N) is 1. The minimum Gasteiger partial charge on any atom is -0.475 e. The number of carboxylic acids is 1. The molecule has 1 aromatic heterocycles. The Morgan fingerprint density at radius 2 is 2.36 bits per heavy atom. The molecule has 4 heteroatoms. The van der Waals surface area contributed by atoms with Crippen LogP contribution in [-0.2, 0) is 6.54 Å². The van der Waals surface area contributed by atoms with Gasteiger partial charge in [0.25, 0.3) is 0 Å². The average molecular weight is 195 g/mol. The first-order chi connectivity index (χ1) is 6.59. The summed E-state index contributed by atoms with van der Waals surface area (Å²) in [5.74, 6) is -0.461. The van der Waals surface area contributed by atoms with Crippen LogP contribution < -0.4 is 5.32 Å². The van der Waals surface area contributed by atoms with E-state index in [4.69, 9.17) is 9.52 Å². The second-order valence-electron chi connectivity index (χ2n) is 3.13. The van der Waals surface area contributed by atoms with E-state index in [2.05, 4.69) is 11.9 Å². The lowest BCUT2D eigenvalue weighted by Gasteiger charge is -2.00. The van der Waals surface area contributed by atoms with Gasteiger partial charge in [-0.25, -0.2) is 4.79 Å². The molecule has 0 saturated carbocycles. The molecule has 0 saturated heterocycles. The van der Waals surface area contributed by atoms with Gasteiger partial charge < -0.3 is 14.8 Å². The first-order valence-corrected chi connectivity index (χ1v) is 4.26. The molecule has 0 aliphatic rings. The molecule has 4 nitrogen and oxygen atoms in total. The summed E-state index contributed by atoms with van der Waals surface area (Å²) in [6, 6.07) is 3.09.